The third-order valence-corrected chi connectivity index (χ3v) is 3.46. The van der Waals surface area contributed by atoms with Crippen LogP contribution in [0.5, 0.6) is 0 Å². The zero-order valence-corrected chi connectivity index (χ0v) is 10.9. The SMILES string of the molecule is COCCCCCN1C[C@@H](C(F)(F)F)[C@H](C(=O)O)C1. The van der Waals surface area contributed by atoms with E-state index in [2.05, 4.69) is 0 Å². The number of unbranched alkanes of at least 4 members (excludes halogenated alkanes) is 2. The summed E-state index contributed by atoms with van der Waals surface area (Å²) in [6, 6.07) is 0. The molecule has 0 aromatic heterocycles. The third kappa shape index (κ3) is 4.99. The molecule has 4 nitrogen and oxygen atoms in total. The van der Waals surface area contributed by atoms with Crippen LogP contribution in [0, 0.1) is 11.8 Å². The van der Waals surface area contributed by atoms with Crippen LogP contribution in [0.2, 0.25) is 0 Å². The molecule has 1 rings (SSSR count). The quantitative estimate of drug-likeness (QED) is 0.726. The zero-order chi connectivity index (χ0) is 14.5. The van der Waals surface area contributed by atoms with Crippen LogP contribution in [0.3, 0.4) is 0 Å². The fraction of sp³-hybridized carbons (Fsp3) is 0.917. The molecule has 0 aliphatic carbocycles. The van der Waals surface area contributed by atoms with Crippen molar-refractivity contribution in [2.24, 2.45) is 11.8 Å². The lowest BCUT2D eigenvalue weighted by atomic mass is 9.96. The molecular formula is C12H20F3NO3. The van der Waals surface area contributed by atoms with Gasteiger partial charge in [-0.1, -0.05) is 0 Å². The Hall–Kier alpha value is -0.820. The average molecular weight is 283 g/mol. The summed E-state index contributed by atoms with van der Waals surface area (Å²) in [5.74, 6) is -4.44. The second-order valence-corrected chi connectivity index (χ2v) is 4.91. The highest BCUT2D eigenvalue weighted by atomic mass is 19.4. The van der Waals surface area contributed by atoms with Crippen molar-refractivity contribution in [2.45, 2.75) is 25.4 Å². The van der Waals surface area contributed by atoms with E-state index in [1.54, 1.807) is 12.0 Å². The van der Waals surface area contributed by atoms with Crippen LogP contribution in [-0.4, -0.2) is 55.5 Å². The van der Waals surface area contributed by atoms with Crippen LogP contribution in [0.1, 0.15) is 19.3 Å². The maximum atomic E-state index is 12.7. The average Bonchev–Trinajstić information content (AvgIpc) is 2.73. The van der Waals surface area contributed by atoms with E-state index in [1.165, 1.54) is 0 Å². The number of halogens is 3. The maximum Gasteiger partial charge on any atom is 0.393 e. The molecule has 1 fully saturated rings. The molecule has 1 aliphatic rings. The van der Waals surface area contributed by atoms with Crippen LogP contribution in [-0.2, 0) is 9.53 Å². The molecule has 112 valence electrons. The molecule has 2 atom stereocenters. The Morgan fingerprint density at radius 1 is 1.32 bits per heavy atom. The number of carboxylic acid groups (broad SMARTS) is 1. The van der Waals surface area contributed by atoms with Gasteiger partial charge in [0.2, 0.25) is 0 Å². The molecule has 0 spiro atoms. The number of hydrogen-bond acceptors (Lipinski definition) is 3. The minimum Gasteiger partial charge on any atom is -0.481 e. The first-order valence-corrected chi connectivity index (χ1v) is 6.37. The Kier molecular flexibility index (Phi) is 6.06. The number of methoxy groups -OCH3 is 1. The first-order valence-electron chi connectivity index (χ1n) is 6.37. The van der Waals surface area contributed by atoms with Crippen molar-refractivity contribution in [1.29, 1.82) is 0 Å². The highest BCUT2D eigenvalue weighted by Gasteiger charge is 2.52. The van der Waals surface area contributed by atoms with E-state index in [9.17, 15) is 18.0 Å². The van der Waals surface area contributed by atoms with Crippen molar-refractivity contribution in [3.63, 3.8) is 0 Å². The third-order valence-electron chi connectivity index (χ3n) is 3.46. The molecule has 0 amide bonds. The molecule has 0 aromatic rings. The fourth-order valence-electron chi connectivity index (χ4n) is 2.41. The molecule has 0 bridgehead atoms. The Balaban J connectivity index is 2.40. The van der Waals surface area contributed by atoms with Gasteiger partial charge in [-0.2, -0.15) is 13.2 Å². The van der Waals surface area contributed by atoms with E-state index in [1.807, 2.05) is 0 Å². The van der Waals surface area contributed by atoms with Crippen LogP contribution in [0.4, 0.5) is 13.2 Å². The van der Waals surface area contributed by atoms with Crippen LogP contribution >= 0.6 is 0 Å². The predicted octanol–water partition coefficient (Wildman–Crippen LogP) is 2.00. The van der Waals surface area contributed by atoms with Crippen molar-refractivity contribution in [3.05, 3.63) is 0 Å². The molecule has 0 aromatic carbocycles. The summed E-state index contributed by atoms with van der Waals surface area (Å²) in [6.07, 6.45) is -1.93. The summed E-state index contributed by atoms with van der Waals surface area (Å²) in [5, 5.41) is 8.86. The van der Waals surface area contributed by atoms with E-state index < -0.39 is 24.0 Å². The monoisotopic (exact) mass is 283 g/mol. The van der Waals surface area contributed by atoms with E-state index in [0.29, 0.717) is 13.2 Å². The van der Waals surface area contributed by atoms with Gasteiger partial charge in [0, 0.05) is 26.8 Å². The van der Waals surface area contributed by atoms with Crippen LogP contribution < -0.4 is 0 Å². The lowest BCUT2D eigenvalue weighted by Crippen LogP contribution is -2.33. The van der Waals surface area contributed by atoms with Crippen LogP contribution in [0.15, 0.2) is 0 Å². The molecule has 1 N–H and O–H groups in total. The molecule has 19 heavy (non-hydrogen) atoms. The highest BCUT2D eigenvalue weighted by Crippen LogP contribution is 2.37. The van der Waals surface area contributed by atoms with Crippen molar-refractivity contribution in [2.75, 3.05) is 33.4 Å². The van der Waals surface area contributed by atoms with Gasteiger partial charge in [0.1, 0.15) is 0 Å². The molecule has 7 heteroatoms. The number of ether oxygens (including phenoxy) is 1. The fourth-order valence-corrected chi connectivity index (χ4v) is 2.41. The first-order chi connectivity index (χ1) is 8.86. The molecular weight excluding hydrogens is 263 g/mol. The number of aliphatic carboxylic acids is 1. The van der Waals surface area contributed by atoms with Gasteiger partial charge < -0.3 is 14.7 Å². The molecule has 0 unspecified atom stereocenters. The van der Waals surface area contributed by atoms with Crippen LogP contribution in [0.25, 0.3) is 0 Å². The number of hydrogen-bond donors (Lipinski definition) is 1. The van der Waals surface area contributed by atoms with Gasteiger partial charge in [-0.25, -0.2) is 0 Å². The molecule has 1 saturated heterocycles. The summed E-state index contributed by atoms with van der Waals surface area (Å²) in [6.45, 7) is 0.942. The molecule has 0 saturated carbocycles. The van der Waals surface area contributed by atoms with Gasteiger partial charge in [-0.15, -0.1) is 0 Å². The summed E-state index contributed by atoms with van der Waals surface area (Å²) in [4.78, 5) is 12.5. The highest BCUT2D eigenvalue weighted by molar-refractivity contribution is 5.71. The standard InChI is InChI=1S/C12H20F3NO3/c1-19-6-4-2-3-5-16-7-9(11(17)18)10(8-16)12(13,14)15/h9-10H,2-8H2,1H3,(H,17,18)/t9-,10-/m1/s1. The minimum absolute atomic E-state index is 0.0101. The van der Waals surface area contributed by atoms with Gasteiger partial charge in [0.05, 0.1) is 11.8 Å². The number of carbonyl (C=O) groups is 1. The van der Waals surface area contributed by atoms with Gasteiger partial charge in [0.25, 0.3) is 0 Å². The van der Waals surface area contributed by atoms with Gasteiger partial charge in [0.15, 0.2) is 0 Å². The van der Waals surface area contributed by atoms with E-state index in [4.69, 9.17) is 9.84 Å². The molecule has 1 heterocycles. The van der Waals surface area contributed by atoms with Gasteiger partial charge in [-0.3, -0.25) is 4.79 Å². The molecule has 1 aliphatic heterocycles. The smallest absolute Gasteiger partial charge is 0.393 e. The van der Waals surface area contributed by atoms with Crippen molar-refractivity contribution < 1.29 is 27.8 Å². The number of nitrogens with zero attached hydrogens (tertiary/aromatic N) is 1. The topological polar surface area (TPSA) is 49.8 Å². The zero-order valence-electron chi connectivity index (χ0n) is 10.9. The Bertz CT molecular complexity index is 296. The summed E-state index contributed by atoms with van der Waals surface area (Å²) < 4.78 is 43.1. The summed E-state index contributed by atoms with van der Waals surface area (Å²) >= 11 is 0. The minimum atomic E-state index is -4.44. The maximum absolute atomic E-state index is 12.7. The Morgan fingerprint density at radius 3 is 2.47 bits per heavy atom. The molecule has 0 radical (unpaired) electrons. The summed E-state index contributed by atoms with van der Waals surface area (Å²) in [7, 11) is 1.60. The number of alkyl halides is 3. The van der Waals surface area contributed by atoms with E-state index in [-0.39, 0.29) is 13.1 Å². The Labute approximate surface area is 110 Å². The lowest BCUT2D eigenvalue weighted by Gasteiger charge is -2.18. The van der Waals surface area contributed by atoms with Gasteiger partial charge >= 0.3 is 12.1 Å². The predicted molar refractivity (Wildman–Crippen MR) is 62.8 cm³/mol. The first kappa shape index (κ1) is 16.2. The van der Waals surface area contributed by atoms with Crippen molar-refractivity contribution in [3.8, 4) is 0 Å². The summed E-state index contributed by atoms with van der Waals surface area (Å²) in [5.41, 5.74) is 0. The Morgan fingerprint density at radius 2 is 2.00 bits per heavy atom. The van der Waals surface area contributed by atoms with E-state index >= 15 is 0 Å². The van der Waals surface area contributed by atoms with Crippen molar-refractivity contribution >= 4 is 5.97 Å². The number of carboxylic acids is 1. The second kappa shape index (κ2) is 7.09. The normalized spacial score (nSPS) is 24.8. The lowest BCUT2D eigenvalue weighted by molar-refractivity contribution is -0.188. The van der Waals surface area contributed by atoms with Gasteiger partial charge in [-0.05, 0) is 25.8 Å². The van der Waals surface area contributed by atoms with Crippen molar-refractivity contribution in [1.82, 2.24) is 4.90 Å². The number of rotatable bonds is 7. The van der Waals surface area contributed by atoms with E-state index in [0.717, 1.165) is 19.3 Å². The second-order valence-electron chi connectivity index (χ2n) is 4.91. The largest absolute Gasteiger partial charge is 0.481 e. The number of likely N-dealkylation sites (tertiary alicyclic amines) is 1.